The molecule has 1 atom stereocenters. The molecule has 0 aromatic heterocycles. The van der Waals surface area contributed by atoms with Crippen molar-refractivity contribution >= 4 is 0 Å². The summed E-state index contributed by atoms with van der Waals surface area (Å²) in [6.45, 7) is 7.40. The lowest BCUT2D eigenvalue weighted by Crippen LogP contribution is -2.41. The zero-order valence-corrected chi connectivity index (χ0v) is 11.6. The van der Waals surface area contributed by atoms with Gasteiger partial charge in [0.1, 0.15) is 0 Å². The van der Waals surface area contributed by atoms with Gasteiger partial charge in [0.05, 0.1) is 12.7 Å². The summed E-state index contributed by atoms with van der Waals surface area (Å²) in [5, 5.41) is 13.4. The molecular weight excluding hydrogens is 228 g/mol. The lowest BCUT2D eigenvalue weighted by atomic mass is 9.97. The average Bonchev–Trinajstić information content (AvgIpc) is 3.21. The van der Waals surface area contributed by atoms with Gasteiger partial charge in [0.15, 0.2) is 0 Å². The molecular formula is C14H28N2O2. The van der Waals surface area contributed by atoms with Crippen LogP contribution in [0.2, 0.25) is 0 Å². The molecule has 2 N–H and O–H groups in total. The maximum absolute atomic E-state index is 9.98. The van der Waals surface area contributed by atoms with E-state index in [1.165, 1.54) is 25.7 Å². The third-order valence-electron chi connectivity index (χ3n) is 3.97. The fraction of sp³-hybridized carbons (Fsp3) is 1.00. The molecule has 0 radical (unpaired) electrons. The van der Waals surface area contributed by atoms with Gasteiger partial charge >= 0.3 is 0 Å². The zero-order valence-electron chi connectivity index (χ0n) is 11.6. The minimum Gasteiger partial charge on any atom is -0.389 e. The van der Waals surface area contributed by atoms with Crippen LogP contribution in [0.1, 0.15) is 32.6 Å². The number of piperidine rings is 1. The minimum absolute atomic E-state index is 0.327. The van der Waals surface area contributed by atoms with E-state index in [-0.39, 0.29) is 6.10 Å². The molecule has 2 fully saturated rings. The number of ether oxygens (including phenoxy) is 1. The van der Waals surface area contributed by atoms with Gasteiger partial charge in [-0.15, -0.1) is 0 Å². The number of rotatable bonds is 8. The normalized spacial score (nSPS) is 23.5. The average molecular weight is 256 g/mol. The highest BCUT2D eigenvalue weighted by molar-refractivity contribution is 4.87. The maximum Gasteiger partial charge on any atom is 0.0900 e. The highest BCUT2D eigenvalue weighted by Gasteiger charge is 2.31. The van der Waals surface area contributed by atoms with Crippen LogP contribution in [-0.2, 0) is 4.74 Å². The molecule has 18 heavy (non-hydrogen) atoms. The second-order valence-electron chi connectivity index (χ2n) is 5.69. The van der Waals surface area contributed by atoms with Crippen molar-refractivity contribution in [1.29, 1.82) is 0 Å². The van der Waals surface area contributed by atoms with Crippen molar-refractivity contribution in [2.75, 3.05) is 39.4 Å². The Morgan fingerprint density at radius 2 is 2.00 bits per heavy atom. The number of nitrogens with one attached hydrogen (secondary N) is 1. The molecule has 4 nitrogen and oxygen atoms in total. The molecule has 0 bridgehead atoms. The van der Waals surface area contributed by atoms with Crippen molar-refractivity contribution < 1.29 is 9.84 Å². The van der Waals surface area contributed by atoms with E-state index < -0.39 is 0 Å². The smallest absolute Gasteiger partial charge is 0.0900 e. The Morgan fingerprint density at radius 1 is 1.28 bits per heavy atom. The largest absolute Gasteiger partial charge is 0.389 e. The van der Waals surface area contributed by atoms with Gasteiger partial charge in [-0.05, 0) is 51.6 Å². The Bertz CT molecular complexity index is 228. The van der Waals surface area contributed by atoms with Crippen LogP contribution < -0.4 is 5.32 Å². The zero-order chi connectivity index (χ0) is 12.8. The number of nitrogens with zero attached hydrogens (tertiary/aromatic N) is 1. The molecule has 1 heterocycles. The summed E-state index contributed by atoms with van der Waals surface area (Å²) < 4.78 is 5.30. The van der Waals surface area contributed by atoms with Gasteiger partial charge in [-0.2, -0.15) is 0 Å². The van der Waals surface area contributed by atoms with Crippen LogP contribution >= 0.6 is 0 Å². The molecule has 106 valence electrons. The van der Waals surface area contributed by atoms with E-state index in [1.54, 1.807) is 0 Å². The van der Waals surface area contributed by atoms with E-state index in [1.807, 2.05) is 6.92 Å². The van der Waals surface area contributed by atoms with E-state index >= 15 is 0 Å². The van der Waals surface area contributed by atoms with Crippen molar-refractivity contribution in [2.45, 2.75) is 44.8 Å². The SMILES string of the molecule is CCOCC(O)CN(CC1CCNCC1)C1CC1. The minimum atomic E-state index is -0.327. The van der Waals surface area contributed by atoms with E-state index in [2.05, 4.69) is 10.2 Å². The van der Waals surface area contributed by atoms with E-state index in [4.69, 9.17) is 4.74 Å². The molecule has 1 aliphatic carbocycles. The summed E-state index contributed by atoms with van der Waals surface area (Å²) in [5.74, 6) is 0.811. The summed E-state index contributed by atoms with van der Waals surface area (Å²) in [5.41, 5.74) is 0. The van der Waals surface area contributed by atoms with Crippen LogP contribution in [0.3, 0.4) is 0 Å². The van der Waals surface area contributed by atoms with Gasteiger partial charge in [0.2, 0.25) is 0 Å². The van der Waals surface area contributed by atoms with Gasteiger partial charge in [0.25, 0.3) is 0 Å². The predicted molar refractivity (Wildman–Crippen MR) is 72.7 cm³/mol. The van der Waals surface area contributed by atoms with Crippen molar-refractivity contribution in [2.24, 2.45) is 5.92 Å². The van der Waals surface area contributed by atoms with Gasteiger partial charge < -0.3 is 15.2 Å². The molecule has 0 amide bonds. The van der Waals surface area contributed by atoms with Crippen LogP contribution in [0.4, 0.5) is 0 Å². The fourth-order valence-electron chi connectivity index (χ4n) is 2.79. The first-order valence-electron chi connectivity index (χ1n) is 7.50. The monoisotopic (exact) mass is 256 g/mol. The Morgan fingerprint density at radius 3 is 2.61 bits per heavy atom. The van der Waals surface area contributed by atoms with Gasteiger partial charge in [0, 0.05) is 25.7 Å². The number of hydrogen-bond acceptors (Lipinski definition) is 4. The quantitative estimate of drug-likeness (QED) is 0.676. The Kier molecular flexibility index (Phi) is 5.89. The highest BCUT2D eigenvalue weighted by Crippen LogP contribution is 2.29. The molecule has 0 aromatic carbocycles. The Balaban J connectivity index is 1.72. The van der Waals surface area contributed by atoms with E-state index in [0.717, 1.165) is 38.1 Å². The summed E-state index contributed by atoms with van der Waals surface area (Å²) in [4.78, 5) is 2.50. The molecule has 0 spiro atoms. The Labute approximate surface area is 111 Å². The van der Waals surface area contributed by atoms with Crippen molar-refractivity contribution in [3.63, 3.8) is 0 Å². The molecule has 0 aromatic rings. The van der Waals surface area contributed by atoms with E-state index in [0.29, 0.717) is 13.2 Å². The fourth-order valence-corrected chi connectivity index (χ4v) is 2.79. The third-order valence-corrected chi connectivity index (χ3v) is 3.97. The van der Waals surface area contributed by atoms with Gasteiger partial charge in [-0.25, -0.2) is 0 Å². The number of aliphatic hydroxyl groups is 1. The number of aliphatic hydroxyl groups excluding tert-OH is 1. The molecule has 4 heteroatoms. The molecule has 2 rings (SSSR count). The lowest BCUT2D eigenvalue weighted by Gasteiger charge is -2.31. The van der Waals surface area contributed by atoms with Crippen LogP contribution in [0.15, 0.2) is 0 Å². The van der Waals surface area contributed by atoms with Crippen molar-refractivity contribution in [3.05, 3.63) is 0 Å². The van der Waals surface area contributed by atoms with Crippen molar-refractivity contribution in [1.82, 2.24) is 10.2 Å². The van der Waals surface area contributed by atoms with Crippen LogP contribution in [0.5, 0.6) is 0 Å². The molecule has 1 aliphatic heterocycles. The Hall–Kier alpha value is -0.160. The van der Waals surface area contributed by atoms with Crippen LogP contribution in [-0.4, -0.2) is 61.5 Å². The summed E-state index contributed by atoms with van der Waals surface area (Å²) in [7, 11) is 0. The third kappa shape index (κ3) is 4.84. The van der Waals surface area contributed by atoms with Crippen LogP contribution in [0.25, 0.3) is 0 Å². The van der Waals surface area contributed by atoms with Gasteiger partial charge in [-0.3, -0.25) is 4.90 Å². The van der Waals surface area contributed by atoms with Gasteiger partial charge in [-0.1, -0.05) is 0 Å². The first-order chi connectivity index (χ1) is 8.79. The second-order valence-corrected chi connectivity index (χ2v) is 5.69. The summed E-state index contributed by atoms with van der Waals surface area (Å²) in [6.07, 6.45) is 4.86. The summed E-state index contributed by atoms with van der Waals surface area (Å²) in [6, 6.07) is 0.733. The molecule has 1 unspecified atom stereocenters. The molecule has 2 aliphatic rings. The highest BCUT2D eigenvalue weighted by atomic mass is 16.5. The lowest BCUT2D eigenvalue weighted by molar-refractivity contribution is 0.0155. The van der Waals surface area contributed by atoms with Crippen molar-refractivity contribution in [3.8, 4) is 0 Å². The standard InChI is InChI=1S/C14H28N2O2/c1-2-18-11-14(17)10-16(13-3-4-13)9-12-5-7-15-8-6-12/h12-15,17H,2-11H2,1H3. The topological polar surface area (TPSA) is 44.7 Å². The predicted octanol–water partition coefficient (Wildman–Crippen LogP) is 0.848. The van der Waals surface area contributed by atoms with Crippen LogP contribution in [0, 0.1) is 5.92 Å². The van der Waals surface area contributed by atoms with E-state index in [9.17, 15) is 5.11 Å². The summed E-state index contributed by atoms with van der Waals surface area (Å²) >= 11 is 0. The molecule has 1 saturated carbocycles. The first kappa shape index (κ1) is 14.3. The second kappa shape index (κ2) is 7.43. The maximum atomic E-state index is 9.98. The molecule has 1 saturated heterocycles. The first-order valence-corrected chi connectivity index (χ1v) is 7.50. The number of hydrogen-bond donors (Lipinski definition) is 2.